The molecule has 0 fully saturated rings. The van der Waals surface area contributed by atoms with Crippen LogP contribution in [0.4, 0.5) is 0 Å². The molecule has 0 atom stereocenters. The lowest BCUT2D eigenvalue weighted by Crippen LogP contribution is -2.09. The maximum atomic E-state index is 6.06. The molecular weight excluding hydrogens is 372 g/mol. The molecule has 4 aromatic rings. The predicted molar refractivity (Wildman–Crippen MR) is 122 cm³/mol. The molecule has 0 N–H and O–H groups in total. The highest BCUT2D eigenvalue weighted by molar-refractivity contribution is 5.76. The van der Waals surface area contributed by atoms with Gasteiger partial charge in [-0.1, -0.05) is 36.4 Å². The molecule has 0 bridgehead atoms. The first-order chi connectivity index (χ1) is 14.6. The number of imidazole rings is 1. The highest BCUT2D eigenvalue weighted by atomic mass is 16.5. The summed E-state index contributed by atoms with van der Waals surface area (Å²) in [6, 6.07) is 22.9. The minimum atomic E-state index is 0.679. The Morgan fingerprint density at radius 2 is 1.73 bits per heavy atom. The smallest absolute Gasteiger partial charge is 0.122 e. The molecule has 3 aromatic carbocycles. The number of aromatic nitrogens is 2. The molecule has 0 aliphatic carbocycles. The van der Waals surface area contributed by atoms with Crippen molar-refractivity contribution in [2.75, 3.05) is 13.7 Å². The monoisotopic (exact) mass is 400 g/mol. The van der Waals surface area contributed by atoms with Gasteiger partial charge in [0.1, 0.15) is 17.3 Å². The van der Waals surface area contributed by atoms with E-state index < -0.39 is 0 Å². The molecule has 30 heavy (non-hydrogen) atoms. The van der Waals surface area contributed by atoms with Crippen LogP contribution in [-0.2, 0) is 13.0 Å². The first-order valence-electron chi connectivity index (χ1n) is 10.4. The van der Waals surface area contributed by atoms with E-state index in [9.17, 15) is 0 Å². The van der Waals surface area contributed by atoms with Crippen LogP contribution in [0.2, 0.25) is 0 Å². The first kappa shape index (κ1) is 20.0. The van der Waals surface area contributed by atoms with Gasteiger partial charge in [0.25, 0.3) is 0 Å². The van der Waals surface area contributed by atoms with Gasteiger partial charge in [0.2, 0.25) is 0 Å². The average Bonchev–Trinajstić information content (AvgIpc) is 3.11. The normalized spacial score (nSPS) is 11.0. The number of fused-ring (bicyclic) bond motifs is 1. The van der Waals surface area contributed by atoms with E-state index in [0.717, 1.165) is 42.2 Å². The van der Waals surface area contributed by atoms with Crippen molar-refractivity contribution < 1.29 is 9.47 Å². The number of para-hydroxylation sites is 2. The summed E-state index contributed by atoms with van der Waals surface area (Å²) in [7, 11) is 1.69. The van der Waals surface area contributed by atoms with Gasteiger partial charge < -0.3 is 14.0 Å². The van der Waals surface area contributed by atoms with Gasteiger partial charge >= 0.3 is 0 Å². The molecule has 4 rings (SSSR count). The fourth-order valence-corrected chi connectivity index (χ4v) is 3.70. The lowest BCUT2D eigenvalue weighted by atomic mass is 10.1. The van der Waals surface area contributed by atoms with Crippen molar-refractivity contribution in [1.82, 2.24) is 9.55 Å². The first-order valence-corrected chi connectivity index (χ1v) is 10.4. The van der Waals surface area contributed by atoms with E-state index in [0.29, 0.717) is 6.61 Å². The summed E-state index contributed by atoms with van der Waals surface area (Å²) in [5, 5.41) is 0. The molecule has 154 valence electrons. The third-order valence-corrected chi connectivity index (χ3v) is 5.38. The van der Waals surface area contributed by atoms with Crippen LogP contribution in [0.25, 0.3) is 11.0 Å². The zero-order valence-corrected chi connectivity index (χ0v) is 17.9. The number of hydrogen-bond acceptors (Lipinski definition) is 3. The molecule has 0 spiro atoms. The van der Waals surface area contributed by atoms with Crippen LogP contribution in [0.1, 0.15) is 28.9 Å². The second-order valence-corrected chi connectivity index (χ2v) is 7.66. The molecule has 0 radical (unpaired) electrons. The molecular formula is C26H28N2O2. The summed E-state index contributed by atoms with van der Waals surface area (Å²) in [6.45, 7) is 5.73. The van der Waals surface area contributed by atoms with E-state index in [4.69, 9.17) is 14.5 Å². The fraction of sp³-hybridized carbons (Fsp3) is 0.269. The Hall–Kier alpha value is -3.27. The molecule has 4 nitrogen and oxygen atoms in total. The van der Waals surface area contributed by atoms with Crippen LogP contribution >= 0.6 is 0 Å². The van der Waals surface area contributed by atoms with E-state index in [1.54, 1.807) is 7.11 Å². The Balaban J connectivity index is 1.49. The predicted octanol–water partition coefficient (Wildman–Crippen LogP) is 5.72. The Labute approximate surface area is 178 Å². The second kappa shape index (κ2) is 9.04. The second-order valence-electron chi connectivity index (χ2n) is 7.66. The van der Waals surface area contributed by atoms with Gasteiger partial charge in [0, 0.05) is 13.0 Å². The Morgan fingerprint density at radius 3 is 2.53 bits per heavy atom. The van der Waals surface area contributed by atoms with Crippen molar-refractivity contribution in [3.63, 3.8) is 0 Å². The van der Waals surface area contributed by atoms with E-state index in [-0.39, 0.29) is 0 Å². The number of ether oxygens (including phenoxy) is 2. The summed E-state index contributed by atoms with van der Waals surface area (Å²) in [5.74, 6) is 2.92. The maximum absolute atomic E-state index is 6.06. The quantitative estimate of drug-likeness (QED) is 0.355. The van der Waals surface area contributed by atoms with E-state index >= 15 is 0 Å². The summed E-state index contributed by atoms with van der Waals surface area (Å²) in [5.41, 5.74) is 5.83. The number of methoxy groups -OCH3 is 1. The topological polar surface area (TPSA) is 36.3 Å². The van der Waals surface area contributed by atoms with Crippen molar-refractivity contribution in [2.24, 2.45) is 0 Å². The summed E-state index contributed by atoms with van der Waals surface area (Å²) in [6.07, 6.45) is 1.71. The molecule has 4 heteroatoms. The van der Waals surface area contributed by atoms with Gasteiger partial charge in [0.15, 0.2) is 0 Å². The standard InChI is InChI=1S/C26H28N2O2/c1-19-9-10-20(2)25(17-19)30-16-6-15-28-24-8-5-4-7-23(24)27-26(28)18-21-11-13-22(29-3)14-12-21/h4-5,7-14,17H,6,15-16,18H2,1-3H3. The fourth-order valence-electron chi connectivity index (χ4n) is 3.70. The molecule has 0 aliphatic rings. The third kappa shape index (κ3) is 4.48. The Morgan fingerprint density at radius 1 is 0.933 bits per heavy atom. The summed E-state index contributed by atoms with van der Waals surface area (Å²) >= 11 is 0. The van der Waals surface area contributed by atoms with Crippen LogP contribution in [0.3, 0.4) is 0 Å². The van der Waals surface area contributed by atoms with Crippen molar-refractivity contribution in [2.45, 2.75) is 33.2 Å². The van der Waals surface area contributed by atoms with Gasteiger partial charge in [-0.2, -0.15) is 0 Å². The largest absolute Gasteiger partial charge is 0.497 e. The highest BCUT2D eigenvalue weighted by Crippen LogP contribution is 2.22. The minimum absolute atomic E-state index is 0.679. The zero-order valence-electron chi connectivity index (χ0n) is 17.9. The number of rotatable bonds is 8. The molecule has 1 heterocycles. The van der Waals surface area contributed by atoms with Crippen LogP contribution in [-0.4, -0.2) is 23.3 Å². The van der Waals surface area contributed by atoms with Crippen molar-refractivity contribution in [3.8, 4) is 11.5 Å². The maximum Gasteiger partial charge on any atom is 0.122 e. The third-order valence-electron chi connectivity index (χ3n) is 5.38. The average molecular weight is 401 g/mol. The van der Waals surface area contributed by atoms with Crippen molar-refractivity contribution >= 4 is 11.0 Å². The van der Waals surface area contributed by atoms with Gasteiger partial charge in [-0.3, -0.25) is 0 Å². The summed E-state index contributed by atoms with van der Waals surface area (Å²) in [4.78, 5) is 4.90. The van der Waals surface area contributed by atoms with Crippen LogP contribution in [0, 0.1) is 13.8 Å². The highest BCUT2D eigenvalue weighted by Gasteiger charge is 2.11. The minimum Gasteiger partial charge on any atom is -0.497 e. The van der Waals surface area contributed by atoms with Gasteiger partial charge in [-0.05, 0) is 67.3 Å². The van der Waals surface area contributed by atoms with Crippen LogP contribution < -0.4 is 9.47 Å². The number of aryl methyl sites for hydroxylation is 3. The van der Waals surface area contributed by atoms with E-state index in [2.05, 4.69) is 66.9 Å². The van der Waals surface area contributed by atoms with Gasteiger partial charge in [-0.15, -0.1) is 0 Å². The SMILES string of the molecule is COc1ccc(Cc2nc3ccccc3n2CCCOc2cc(C)ccc2C)cc1. The van der Waals surface area contributed by atoms with Crippen molar-refractivity contribution in [3.05, 3.63) is 89.2 Å². The molecule has 1 aromatic heterocycles. The number of nitrogens with zero attached hydrogens (tertiary/aromatic N) is 2. The van der Waals surface area contributed by atoms with E-state index in [1.807, 2.05) is 18.2 Å². The van der Waals surface area contributed by atoms with Crippen LogP contribution in [0.5, 0.6) is 11.5 Å². The van der Waals surface area contributed by atoms with Gasteiger partial charge in [0.05, 0.1) is 24.8 Å². The Bertz CT molecular complexity index is 1130. The molecule has 0 saturated carbocycles. The molecule has 0 aliphatic heterocycles. The lowest BCUT2D eigenvalue weighted by molar-refractivity contribution is 0.300. The lowest BCUT2D eigenvalue weighted by Gasteiger charge is -2.12. The van der Waals surface area contributed by atoms with Gasteiger partial charge in [-0.25, -0.2) is 4.98 Å². The van der Waals surface area contributed by atoms with Crippen LogP contribution in [0.15, 0.2) is 66.7 Å². The molecule has 0 unspecified atom stereocenters. The summed E-state index contributed by atoms with van der Waals surface area (Å²) < 4.78 is 13.7. The van der Waals surface area contributed by atoms with E-state index in [1.165, 1.54) is 22.2 Å². The number of benzene rings is 3. The zero-order chi connectivity index (χ0) is 20.9. The molecule has 0 amide bonds. The van der Waals surface area contributed by atoms with Crippen molar-refractivity contribution in [1.29, 1.82) is 0 Å². The number of hydrogen-bond donors (Lipinski definition) is 0. The molecule has 0 saturated heterocycles. The Kier molecular flexibility index (Phi) is 6.03.